The molecule has 1 aliphatic heterocycles. The molecule has 0 unspecified atom stereocenters. The molecule has 1 aliphatic rings. The molecule has 0 fully saturated rings. The number of hydrogen-bond donors (Lipinski definition) is 0. The lowest BCUT2D eigenvalue weighted by Gasteiger charge is -2.05. The van der Waals surface area contributed by atoms with E-state index in [1.807, 2.05) is 79.7 Å². The van der Waals surface area contributed by atoms with Crippen LogP contribution in [0.5, 0.6) is 0 Å². The molecule has 4 aromatic rings. The Bertz CT molecular complexity index is 1250. The number of nitrogens with zero attached hydrogens (tertiary/aromatic N) is 3. The summed E-state index contributed by atoms with van der Waals surface area (Å²) in [5.41, 5.74) is 5.13. The van der Waals surface area contributed by atoms with E-state index in [0.717, 1.165) is 22.6 Å². The molecule has 0 aliphatic carbocycles. The highest BCUT2D eigenvalue weighted by Crippen LogP contribution is 2.28. The van der Waals surface area contributed by atoms with Gasteiger partial charge in [-0.1, -0.05) is 48.0 Å². The van der Waals surface area contributed by atoms with Crippen LogP contribution >= 0.6 is 0 Å². The summed E-state index contributed by atoms with van der Waals surface area (Å²) in [7, 11) is 0. The molecule has 0 saturated heterocycles. The first kappa shape index (κ1) is 14.8. The van der Waals surface area contributed by atoms with Crippen molar-refractivity contribution in [1.82, 2.24) is 9.55 Å². The lowest BCUT2D eigenvalue weighted by Crippen LogP contribution is -2.21. The summed E-state index contributed by atoms with van der Waals surface area (Å²) in [4.78, 5) is 22.7. The van der Waals surface area contributed by atoms with Gasteiger partial charge in [-0.05, 0) is 37.3 Å². The highest BCUT2D eigenvalue weighted by atomic mass is 16.1. The molecule has 2 heterocycles. The molecule has 0 bridgehead atoms. The van der Waals surface area contributed by atoms with Gasteiger partial charge < -0.3 is 0 Å². The first-order chi connectivity index (χ1) is 12.7. The highest BCUT2D eigenvalue weighted by molar-refractivity contribution is 6.17. The second kappa shape index (κ2) is 5.49. The molecule has 5 rings (SSSR count). The number of para-hydroxylation sites is 2. The van der Waals surface area contributed by atoms with Crippen LogP contribution in [0, 0.1) is 6.92 Å². The molecule has 0 radical (unpaired) electrons. The summed E-state index contributed by atoms with van der Waals surface area (Å²) in [5.74, 6) is 0.593. The summed E-state index contributed by atoms with van der Waals surface area (Å²) in [6.07, 6.45) is 0. The Balaban J connectivity index is 1.86. The third kappa shape index (κ3) is 2.12. The van der Waals surface area contributed by atoms with Crippen molar-refractivity contribution in [2.24, 2.45) is 4.99 Å². The van der Waals surface area contributed by atoms with Crippen LogP contribution in [0.15, 0.2) is 82.6 Å². The molecule has 4 nitrogen and oxygen atoms in total. The second-order valence-electron chi connectivity index (χ2n) is 6.41. The lowest BCUT2D eigenvalue weighted by molar-refractivity contribution is 0.967. The summed E-state index contributed by atoms with van der Waals surface area (Å²) in [6, 6.07) is 23.3. The first-order valence-electron chi connectivity index (χ1n) is 8.50. The number of hydrogen-bond acceptors (Lipinski definition) is 3. The fourth-order valence-corrected chi connectivity index (χ4v) is 3.36. The molecule has 0 atom stereocenters. The molecule has 0 N–H and O–H groups in total. The molecule has 26 heavy (non-hydrogen) atoms. The smallest absolute Gasteiger partial charge is 0.266 e. The topological polar surface area (TPSA) is 47.2 Å². The Hall–Kier alpha value is -3.53. The Labute approximate surface area is 150 Å². The van der Waals surface area contributed by atoms with Crippen LogP contribution < -0.4 is 5.56 Å². The monoisotopic (exact) mass is 337 g/mol. The van der Waals surface area contributed by atoms with Gasteiger partial charge in [0, 0.05) is 5.56 Å². The molecule has 4 heteroatoms. The van der Waals surface area contributed by atoms with Crippen molar-refractivity contribution in [2.75, 3.05) is 0 Å². The zero-order chi connectivity index (χ0) is 17.7. The summed E-state index contributed by atoms with van der Waals surface area (Å²) >= 11 is 0. The van der Waals surface area contributed by atoms with Gasteiger partial charge in [0.05, 0.1) is 22.3 Å². The Morgan fingerprint density at radius 3 is 2.46 bits per heavy atom. The van der Waals surface area contributed by atoms with E-state index in [0.29, 0.717) is 16.7 Å². The van der Waals surface area contributed by atoms with Crippen molar-refractivity contribution in [3.8, 4) is 5.69 Å². The molecule has 0 amide bonds. The van der Waals surface area contributed by atoms with Crippen LogP contribution in [0.1, 0.15) is 17.0 Å². The van der Waals surface area contributed by atoms with Crippen LogP contribution in [0.25, 0.3) is 16.6 Å². The Kier molecular flexibility index (Phi) is 3.12. The average Bonchev–Trinajstić information content (AvgIpc) is 2.98. The van der Waals surface area contributed by atoms with Crippen molar-refractivity contribution in [2.45, 2.75) is 6.92 Å². The predicted molar refractivity (Wildman–Crippen MR) is 104 cm³/mol. The van der Waals surface area contributed by atoms with Crippen LogP contribution in [0.3, 0.4) is 0 Å². The van der Waals surface area contributed by atoms with Crippen LogP contribution in [-0.4, -0.2) is 15.3 Å². The van der Waals surface area contributed by atoms with E-state index < -0.39 is 0 Å². The molecular weight excluding hydrogens is 322 g/mol. The van der Waals surface area contributed by atoms with Crippen molar-refractivity contribution in [3.05, 3.63) is 100 Å². The van der Waals surface area contributed by atoms with E-state index in [1.165, 1.54) is 5.56 Å². The van der Waals surface area contributed by atoms with Crippen LogP contribution in [0.2, 0.25) is 0 Å². The van der Waals surface area contributed by atoms with Crippen molar-refractivity contribution < 1.29 is 0 Å². The Morgan fingerprint density at radius 2 is 1.62 bits per heavy atom. The van der Waals surface area contributed by atoms with E-state index in [9.17, 15) is 4.79 Å². The predicted octanol–water partition coefficient (Wildman–Crippen LogP) is 4.18. The molecular formula is C22H15N3O. The molecule has 1 aromatic heterocycles. The molecule has 124 valence electrons. The van der Waals surface area contributed by atoms with Gasteiger partial charge in [-0.3, -0.25) is 9.36 Å². The fraction of sp³-hybridized carbons (Fsp3) is 0.0455. The maximum atomic E-state index is 13.1. The Morgan fingerprint density at radius 1 is 0.885 bits per heavy atom. The van der Waals surface area contributed by atoms with Gasteiger partial charge in [0.2, 0.25) is 0 Å². The maximum absolute atomic E-state index is 13.1. The van der Waals surface area contributed by atoms with E-state index in [4.69, 9.17) is 9.98 Å². The largest absolute Gasteiger partial charge is 0.268 e. The third-order valence-corrected chi connectivity index (χ3v) is 4.66. The lowest BCUT2D eigenvalue weighted by atomic mass is 10.1. The van der Waals surface area contributed by atoms with Crippen LogP contribution in [0.4, 0.5) is 5.69 Å². The van der Waals surface area contributed by atoms with E-state index in [1.54, 1.807) is 4.57 Å². The minimum Gasteiger partial charge on any atom is -0.268 e. The zero-order valence-corrected chi connectivity index (χ0v) is 14.2. The third-order valence-electron chi connectivity index (χ3n) is 4.66. The molecule has 0 saturated carbocycles. The van der Waals surface area contributed by atoms with Gasteiger partial charge in [0.25, 0.3) is 5.56 Å². The highest BCUT2D eigenvalue weighted by Gasteiger charge is 2.28. The summed E-state index contributed by atoms with van der Waals surface area (Å²) < 4.78 is 1.67. The van der Waals surface area contributed by atoms with E-state index in [2.05, 4.69) is 0 Å². The average molecular weight is 337 g/mol. The minimum absolute atomic E-state index is 0.0628. The molecule has 3 aromatic carbocycles. The molecule has 0 spiro atoms. The number of aryl methyl sites for hydroxylation is 1. The number of aromatic nitrogens is 2. The standard InChI is InChI=1S/C22H15N3O/c1-14-10-12-15(13-11-14)23-20-17-7-3-5-9-19(17)25-21(20)24-18-8-4-2-6-16(18)22(25)26/h2-13H,1H3. The van der Waals surface area contributed by atoms with Crippen molar-refractivity contribution in [1.29, 1.82) is 0 Å². The second-order valence-corrected chi connectivity index (χ2v) is 6.41. The van der Waals surface area contributed by atoms with Crippen LogP contribution in [-0.2, 0) is 0 Å². The normalized spacial score (nSPS) is 13.8. The fourth-order valence-electron chi connectivity index (χ4n) is 3.36. The van der Waals surface area contributed by atoms with Crippen molar-refractivity contribution in [3.63, 3.8) is 0 Å². The zero-order valence-electron chi connectivity index (χ0n) is 14.2. The van der Waals surface area contributed by atoms with Gasteiger partial charge in [-0.15, -0.1) is 0 Å². The van der Waals surface area contributed by atoms with Gasteiger partial charge in [0.15, 0.2) is 5.82 Å². The van der Waals surface area contributed by atoms with E-state index in [-0.39, 0.29) is 5.56 Å². The van der Waals surface area contributed by atoms with Gasteiger partial charge in [-0.2, -0.15) is 0 Å². The SMILES string of the molecule is Cc1ccc(N=C2c3ccccc3-n3c2nc2ccccc2c3=O)cc1. The van der Waals surface area contributed by atoms with Gasteiger partial charge >= 0.3 is 0 Å². The van der Waals surface area contributed by atoms with Crippen molar-refractivity contribution >= 4 is 22.3 Å². The quantitative estimate of drug-likeness (QED) is 0.461. The number of fused-ring (bicyclic) bond motifs is 4. The first-order valence-corrected chi connectivity index (χ1v) is 8.50. The number of rotatable bonds is 1. The van der Waals surface area contributed by atoms with Gasteiger partial charge in [0.1, 0.15) is 5.71 Å². The maximum Gasteiger partial charge on any atom is 0.266 e. The number of aliphatic imine (C=N–C) groups is 1. The van der Waals surface area contributed by atoms with Gasteiger partial charge in [-0.25, -0.2) is 9.98 Å². The van der Waals surface area contributed by atoms with E-state index >= 15 is 0 Å². The minimum atomic E-state index is -0.0628. The summed E-state index contributed by atoms with van der Waals surface area (Å²) in [5, 5.41) is 0.614. The summed E-state index contributed by atoms with van der Waals surface area (Å²) in [6.45, 7) is 2.05. The number of benzene rings is 3.